The van der Waals surface area contributed by atoms with E-state index in [9.17, 15) is 0 Å². The summed E-state index contributed by atoms with van der Waals surface area (Å²) >= 11 is 1.75. The van der Waals surface area contributed by atoms with E-state index in [0.29, 0.717) is 0 Å². The molecule has 0 amide bonds. The minimum Gasteiger partial charge on any atom is -0.308 e. The fourth-order valence-corrected chi connectivity index (χ4v) is 2.25. The highest BCUT2D eigenvalue weighted by Gasteiger charge is 2.16. The summed E-state index contributed by atoms with van der Waals surface area (Å²) in [4.78, 5) is 1.31. The van der Waals surface area contributed by atoms with Gasteiger partial charge < -0.3 is 5.32 Å². The third kappa shape index (κ3) is 1.56. The van der Waals surface area contributed by atoms with Crippen molar-refractivity contribution in [3.05, 3.63) is 33.8 Å². The van der Waals surface area contributed by atoms with Gasteiger partial charge in [0.2, 0.25) is 0 Å². The largest absolute Gasteiger partial charge is 0.308 e. The molecule has 4 nitrogen and oxygen atoms in total. The number of rotatable bonds is 3. The molecule has 0 aliphatic heterocycles. The predicted octanol–water partition coefficient (Wildman–Crippen LogP) is 1.48. The summed E-state index contributed by atoms with van der Waals surface area (Å²) in [7, 11) is 1.93. The van der Waals surface area contributed by atoms with Crippen molar-refractivity contribution in [1.82, 2.24) is 20.7 Å². The molecule has 0 saturated heterocycles. The van der Waals surface area contributed by atoms with Crippen LogP contribution in [0.25, 0.3) is 0 Å². The van der Waals surface area contributed by atoms with Crippen LogP contribution in [0.2, 0.25) is 0 Å². The SMILES string of the molecule is CNC(c1cn[nH]n1)c1ccsc1C. The van der Waals surface area contributed by atoms with Crippen LogP contribution in [0.5, 0.6) is 0 Å². The molecule has 0 spiro atoms. The first-order chi connectivity index (χ1) is 6.83. The summed E-state index contributed by atoms with van der Waals surface area (Å²) < 4.78 is 0. The summed E-state index contributed by atoms with van der Waals surface area (Å²) in [5, 5.41) is 15.9. The van der Waals surface area contributed by atoms with Crippen LogP contribution >= 0.6 is 11.3 Å². The number of hydrogen-bond donors (Lipinski definition) is 2. The molecule has 0 saturated carbocycles. The fraction of sp³-hybridized carbons (Fsp3) is 0.333. The lowest BCUT2D eigenvalue weighted by Gasteiger charge is -2.12. The Labute approximate surface area is 86.4 Å². The van der Waals surface area contributed by atoms with Crippen LogP contribution in [-0.4, -0.2) is 22.5 Å². The zero-order chi connectivity index (χ0) is 9.97. The van der Waals surface area contributed by atoms with Gasteiger partial charge in [0.1, 0.15) is 5.69 Å². The van der Waals surface area contributed by atoms with E-state index in [1.54, 1.807) is 17.5 Å². The van der Waals surface area contributed by atoms with E-state index in [2.05, 4.69) is 39.1 Å². The molecule has 0 aliphatic carbocycles. The normalized spacial score (nSPS) is 13.0. The molecule has 0 radical (unpaired) electrons. The Balaban J connectivity index is 2.36. The third-order valence-electron chi connectivity index (χ3n) is 2.23. The number of nitrogens with one attached hydrogen (secondary N) is 2. The number of aromatic nitrogens is 3. The molecule has 2 aromatic rings. The smallest absolute Gasteiger partial charge is 0.104 e. The van der Waals surface area contributed by atoms with Gasteiger partial charge in [-0.2, -0.15) is 15.4 Å². The first kappa shape index (κ1) is 9.36. The van der Waals surface area contributed by atoms with Gasteiger partial charge in [0, 0.05) is 4.88 Å². The van der Waals surface area contributed by atoms with E-state index in [1.807, 2.05) is 7.05 Å². The quantitative estimate of drug-likeness (QED) is 0.803. The second kappa shape index (κ2) is 3.89. The second-order valence-corrected chi connectivity index (χ2v) is 4.17. The molecular formula is C9H12N4S. The van der Waals surface area contributed by atoms with E-state index >= 15 is 0 Å². The zero-order valence-corrected chi connectivity index (χ0v) is 8.93. The van der Waals surface area contributed by atoms with Crippen molar-refractivity contribution in [2.24, 2.45) is 0 Å². The van der Waals surface area contributed by atoms with Gasteiger partial charge >= 0.3 is 0 Å². The fourth-order valence-electron chi connectivity index (χ4n) is 1.51. The van der Waals surface area contributed by atoms with E-state index in [4.69, 9.17) is 0 Å². The highest BCUT2D eigenvalue weighted by Crippen LogP contribution is 2.25. The van der Waals surface area contributed by atoms with Gasteiger partial charge in [-0.05, 0) is 31.0 Å². The molecule has 1 atom stereocenters. The molecular weight excluding hydrogens is 196 g/mol. The highest BCUT2D eigenvalue weighted by atomic mass is 32.1. The van der Waals surface area contributed by atoms with Crippen LogP contribution in [0.1, 0.15) is 22.2 Å². The van der Waals surface area contributed by atoms with Crippen molar-refractivity contribution >= 4 is 11.3 Å². The van der Waals surface area contributed by atoms with Crippen LogP contribution in [-0.2, 0) is 0 Å². The van der Waals surface area contributed by atoms with Crippen molar-refractivity contribution in [3.8, 4) is 0 Å². The number of aryl methyl sites for hydroxylation is 1. The summed E-state index contributed by atoms with van der Waals surface area (Å²) in [6.45, 7) is 2.12. The van der Waals surface area contributed by atoms with Gasteiger partial charge in [0.25, 0.3) is 0 Å². The summed E-state index contributed by atoms with van der Waals surface area (Å²) in [6, 6.07) is 2.26. The van der Waals surface area contributed by atoms with E-state index in [1.165, 1.54) is 10.4 Å². The van der Waals surface area contributed by atoms with E-state index in [0.717, 1.165) is 5.69 Å². The van der Waals surface area contributed by atoms with Gasteiger partial charge in [-0.15, -0.1) is 11.3 Å². The van der Waals surface area contributed by atoms with Crippen molar-refractivity contribution < 1.29 is 0 Å². The van der Waals surface area contributed by atoms with Crippen molar-refractivity contribution in [2.75, 3.05) is 7.05 Å². The van der Waals surface area contributed by atoms with Gasteiger partial charge in [0.05, 0.1) is 12.2 Å². The number of aromatic amines is 1. The van der Waals surface area contributed by atoms with Gasteiger partial charge in [-0.3, -0.25) is 0 Å². The number of hydrogen-bond acceptors (Lipinski definition) is 4. The molecule has 2 N–H and O–H groups in total. The average molecular weight is 208 g/mol. The van der Waals surface area contributed by atoms with Gasteiger partial charge in [0.15, 0.2) is 0 Å². The monoisotopic (exact) mass is 208 g/mol. The molecule has 5 heteroatoms. The maximum absolute atomic E-state index is 4.09. The topological polar surface area (TPSA) is 53.6 Å². The molecule has 2 aromatic heterocycles. The van der Waals surface area contributed by atoms with Gasteiger partial charge in [-0.1, -0.05) is 0 Å². The van der Waals surface area contributed by atoms with Crippen molar-refractivity contribution in [1.29, 1.82) is 0 Å². The lowest BCUT2D eigenvalue weighted by Crippen LogP contribution is -2.18. The van der Waals surface area contributed by atoms with Crippen LogP contribution in [0.4, 0.5) is 0 Å². The maximum Gasteiger partial charge on any atom is 0.104 e. The maximum atomic E-state index is 4.09. The lowest BCUT2D eigenvalue weighted by molar-refractivity contribution is 0.666. The standard InChI is InChI=1S/C9H12N4S/c1-6-7(3-4-14-6)9(10-2)8-5-11-13-12-8/h3-5,9-10H,1-2H3,(H,11,12,13). The lowest BCUT2D eigenvalue weighted by atomic mass is 10.1. The van der Waals surface area contributed by atoms with E-state index < -0.39 is 0 Å². The minimum atomic E-state index is 0.139. The molecule has 0 fully saturated rings. The van der Waals surface area contributed by atoms with Crippen LogP contribution < -0.4 is 5.32 Å². The molecule has 14 heavy (non-hydrogen) atoms. The van der Waals surface area contributed by atoms with Crippen LogP contribution in [0.15, 0.2) is 17.6 Å². The zero-order valence-electron chi connectivity index (χ0n) is 8.11. The molecule has 2 rings (SSSR count). The Bertz CT molecular complexity index is 393. The summed E-state index contributed by atoms with van der Waals surface area (Å²) in [5.41, 5.74) is 2.19. The number of thiophene rings is 1. The average Bonchev–Trinajstić information content (AvgIpc) is 2.80. The second-order valence-electron chi connectivity index (χ2n) is 3.05. The molecule has 0 aliphatic rings. The summed E-state index contributed by atoms with van der Waals surface area (Å²) in [6.07, 6.45) is 1.75. The number of H-pyrrole nitrogens is 1. The third-order valence-corrected chi connectivity index (χ3v) is 3.09. The highest BCUT2D eigenvalue weighted by molar-refractivity contribution is 7.10. The molecule has 74 valence electrons. The Kier molecular flexibility index (Phi) is 2.60. The Hall–Kier alpha value is -1.20. The Morgan fingerprint density at radius 2 is 2.43 bits per heavy atom. The van der Waals surface area contributed by atoms with Crippen molar-refractivity contribution in [3.63, 3.8) is 0 Å². The molecule has 2 heterocycles. The first-order valence-electron chi connectivity index (χ1n) is 4.40. The first-order valence-corrected chi connectivity index (χ1v) is 5.28. The van der Waals surface area contributed by atoms with Crippen molar-refractivity contribution in [2.45, 2.75) is 13.0 Å². The Morgan fingerprint density at radius 1 is 1.57 bits per heavy atom. The molecule has 0 aromatic carbocycles. The molecule has 1 unspecified atom stereocenters. The minimum absolute atomic E-state index is 0.139. The summed E-state index contributed by atoms with van der Waals surface area (Å²) in [5.74, 6) is 0. The van der Waals surface area contributed by atoms with Crippen LogP contribution in [0, 0.1) is 6.92 Å². The Morgan fingerprint density at radius 3 is 2.93 bits per heavy atom. The van der Waals surface area contributed by atoms with Gasteiger partial charge in [-0.25, -0.2) is 0 Å². The predicted molar refractivity (Wildman–Crippen MR) is 56.3 cm³/mol. The molecule has 0 bridgehead atoms. The van der Waals surface area contributed by atoms with E-state index in [-0.39, 0.29) is 6.04 Å². The van der Waals surface area contributed by atoms with Crippen LogP contribution in [0.3, 0.4) is 0 Å². The number of nitrogens with zero attached hydrogens (tertiary/aromatic N) is 2.